The number of rotatable bonds is 8. The van der Waals surface area contributed by atoms with Crippen molar-refractivity contribution in [1.82, 2.24) is 0 Å². The van der Waals surface area contributed by atoms with Crippen molar-refractivity contribution in [2.75, 3.05) is 12.4 Å². The normalized spacial score (nSPS) is 11.3. The molecule has 0 aliphatic rings. The molecule has 0 atom stereocenters. The Labute approximate surface area is 187 Å². The zero-order valence-electron chi connectivity index (χ0n) is 15.3. The summed E-state index contributed by atoms with van der Waals surface area (Å²) in [6.07, 6.45) is 2.19. The second kappa shape index (κ2) is 10.5. The van der Waals surface area contributed by atoms with Gasteiger partial charge in [0.25, 0.3) is 0 Å². The third-order valence-electron chi connectivity index (χ3n) is 4.01. The number of aliphatic carboxylic acids is 1. The lowest BCUT2D eigenvalue weighted by Gasteiger charge is -2.10. The molecule has 0 fully saturated rings. The first-order valence-corrected chi connectivity index (χ1v) is 11.0. The van der Waals surface area contributed by atoms with E-state index in [0.29, 0.717) is 10.8 Å². The van der Waals surface area contributed by atoms with Crippen LogP contribution >= 0.6 is 39.3 Å². The fourth-order valence-corrected chi connectivity index (χ4v) is 4.25. The van der Waals surface area contributed by atoms with E-state index in [-0.39, 0.29) is 0 Å². The molecule has 148 valence electrons. The van der Waals surface area contributed by atoms with Gasteiger partial charge in [-0.05, 0) is 47.0 Å². The predicted molar refractivity (Wildman–Crippen MR) is 123 cm³/mol. The van der Waals surface area contributed by atoms with Gasteiger partial charge in [0.15, 0.2) is 6.61 Å². The van der Waals surface area contributed by atoms with Gasteiger partial charge in [-0.3, -0.25) is 0 Å². The van der Waals surface area contributed by atoms with Crippen LogP contribution in [0.5, 0.6) is 5.75 Å². The second-order valence-electron chi connectivity index (χ2n) is 6.08. The summed E-state index contributed by atoms with van der Waals surface area (Å²) in [4.78, 5) is 11.5. The Morgan fingerprint density at radius 2 is 1.79 bits per heavy atom. The molecule has 0 bridgehead atoms. The first-order chi connectivity index (χ1) is 14.0. The Kier molecular flexibility index (Phi) is 7.81. The lowest BCUT2D eigenvalue weighted by Crippen LogP contribution is -2.09. The lowest BCUT2D eigenvalue weighted by molar-refractivity contribution is -0.139. The van der Waals surface area contributed by atoms with Crippen molar-refractivity contribution in [1.29, 1.82) is 0 Å². The fourth-order valence-electron chi connectivity index (χ4n) is 2.72. The third-order valence-corrected chi connectivity index (χ3v) is 5.93. The molecular weight excluding hydrogens is 472 g/mol. The van der Waals surface area contributed by atoms with Gasteiger partial charge in [0.1, 0.15) is 5.75 Å². The number of halogens is 2. The highest BCUT2D eigenvalue weighted by molar-refractivity contribution is 9.10. The topological polar surface area (TPSA) is 46.5 Å². The molecule has 1 N–H and O–H groups in total. The van der Waals surface area contributed by atoms with E-state index in [4.69, 9.17) is 21.4 Å². The molecule has 3 aromatic carbocycles. The molecule has 0 aliphatic carbocycles. The van der Waals surface area contributed by atoms with Crippen molar-refractivity contribution in [3.63, 3.8) is 0 Å². The molecule has 0 heterocycles. The number of hydrogen-bond donors (Lipinski definition) is 1. The summed E-state index contributed by atoms with van der Waals surface area (Å²) in [7, 11) is 0. The molecule has 0 amide bonds. The van der Waals surface area contributed by atoms with Gasteiger partial charge in [-0.2, -0.15) is 0 Å². The zero-order valence-corrected chi connectivity index (χ0v) is 18.5. The molecule has 0 unspecified atom stereocenters. The molecule has 0 aromatic heterocycles. The summed E-state index contributed by atoms with van der Waals surface area (Å²) in [5.41, 5.74) is 3.43. The van der Waals surface area contributed by atoms with Crippen LogP contribution in [0.15, 0.2) is 88.2 Å². The van der Waals surface area contributed by atoms with Gasteiger partial charge in [-0.1, -0.05) is 76.1 Å². The number of carboxylic acid groups (broad SMARTS) is 1. The van der Waals surface area contributed by atoms with E-state index in [0.717, 1.165) is 31.8 Å². The molecule has 29 heavy (non-hydrogen) atoms. The van der Waals surface area contributed by atoms with Crippen LogP contribution in [0.1, 0.15) is 11.1 Å². The maximum atomic E-state index is 10.6. The maximum Gasteiger partial charge on any atom is 0.341 e. The second-order valence-corrected chi connectivity index (χ2v) is 8.46. The summed E-state index contributed by atoms with van der Waals surface area (Å²) in [6.45, 7) is -0.390. The number of benzene rings is 3. The monoisotopic (exact) mass is 488 g/mol. The lowest BCUT2D eigenvalue weighted by atomic mass is 9.98. The highest BCUT2D eigenvalue weighted by Gasteiger charge is 2.08. The quantitative estimate of drug-likeness (QED) is 0.354. The molecule has 3 nitrogen and oxygen atoms in total. The van der Waals surface area contributed by atoms with Crippen LogP contribution in [-0.2, 0) is 4.79 Å². The third kappa shape index (κ3) is 6.39. The molecule has 0 saturated carbocycles. The van der Waals surface area contributed by atoms with Crippen LogP contribution in [0.2, 0.25) is 5.02 Å². The maximum absolute atomic E-state index is 10.6. The van der Waals surface area contributed by atoms with E-state index in [2.05, 4.69) is 46.3 Å². The van der Waals surface area contributed by atoms with E-state index >= 15 is 0 Å². The Hall–Kier alpha value is -2.21. The SMILES string of the molecule is O=C(O)COc1ccc(SC/C=C(/c2ccccc2)c2cccc(Br)c2)c(Cl)c1. The first-order valence-electron chi connectivity index (χ1n) is 8.81. The molecule has 6 heteroatoms. The number of hydrogen-bond acceptors (Lipinski definition) is 3. The standard InChI is InChI=1S/C23H18BrClO3S/c24-18-8-4-7-17(13-18)20(16-5-2-1-3-6-16)11-12-29-22-10-9-19(14-21(22)25)28-15-23(26)27/h1-11,13-14H,12,15H2,(H,26,27)/b20-11-. The van der Waals surface area contributed by atoms with Crippen molar-refractivity contribution in [3.8, 4) is 5.75 Å². The van der Waals surface area contributed by atoms with E-state index < -0.39 is 12.6 Å². The van der Waals surface area contributed by atoms with Crippen molar-refractivity contribution in [3.05, 3.63) is 99.5 Å². The van der Waals surface area contributed by atoms with Crippen LogP contribution in [-0.4, -0.2) is 23.4 Å². The van der Waals surface area contributed by atoms with Gasteiger partial charge in [0.2, 0.25) is 0 Å². The Morgan fingerprint density at radius 1 is 1.03 bits per heavy atom. The molecule has 0 spiro atoms. The minimum Gasteiger partial charge on any atom is -0.482 e. The van der Waals surface area contributed by atoms with Crippen LogP contribution < -0.4 is 4.74 Å². The summed E-state index contributed by atoms with van der Waals surface area (Å²) in [5, 5.41) is 9.24. The smallest absolute Gasteiger partial charge is 0.341 e. The summed E-state index contributed by atoms with van der Waals surface area (Å²) >= 11 is 11.5. The molecule has 3 aromatic rings. The largest absolute Gasteiger partial charge is 0.482 e. The Bertz CT molecular complexity index is 1020. The van der Waals surface area contributed by atoms with Crippen LogP contribution in [0.4, 0.5) is 0 Å². The summed E-state index contributed by atoms with van der Waals surface area (Å²) < 4.78 is 6.20. The van der Waals surface area contributed by atoms with Crippen molar-refractivity contribution < 1.29 is 14.6 Å². The van der Waals surface area contributed by atoms with Gasteiger partial charge in [0.05, 0.1) is 5.02 Å². The van der Waals surface area contributed by atoms with Crippen molar-refractivity contribution >= 4 is 50.8 Å². The molecular formula is C23H18BrClO3S. The van der Waals surface area contributed by atoms with Gasteiger partial charge in [-0.15, -0.1) is 11.8 Å². The molecule has 0 aliphatic heterocycles. The highest BCUT2D eigenvalue weighted by atomic mass is 79.9. The minimum absolute atomic E-state index is 0.390. The zero-order chi connectivity index (χ0) is 20.6. The van der Waals surface area contributed by atoms with Gasteiger partial charge in [-0.25, -0.2) is 4.79 Å². The van der Waals surface area contributed by atoms with Gasteiger partial charge >= 0.3 is 5.97 Å². The highest BCUT2D eigenvalue weighted by Crippen LogP contribution is 2.32. The number of carbonyl (C=O) groups is 1. The number of thioether (sulfide) groups is 1. The average Bonchev–Trinajstić information content (AvgIpc) is 2.71. The molecule has 0 radical (unpaired) electrons. The Morgan fingerprint density at radius 3 is 2.48 bits per heavy atom. The van der Waals surface area contributed by atoms with E-state index in [1.807, 2.05) is 36.4 Å². The summed E-state index contributed by atoms with van der Waals surface area (Å²) in [5.74, 6) is 0.147. The predicted octanol–water partition coefficient (Wildman–Crippen LogP) is 6.79. The van der Waals surface area contributed by atoms with E-state index in [9.17, 15) is 4.79 Å². The van der Waals surface area contributed by atoms with Crippen molar-refractivity contribution in [2.24, 2.45) is 0 Å². The number of carboxylic acids is 1. The van der Waals surface area contributed by atoms with Crippen LogP contribution in [0, 0.1) is 0 Å². The average molecular weight is 490 g/mol. The first kappa shape index (κ1) is 21.5. The van der Waals surface area contributed by atoms with E-state index in [1.54, 1.807) is 23.9 Å². The Balaban J connectivity index is 1.77. The molecule has 3 rings (SSSR count). The van der Waals surface area contributed by atoms with Gasteiger partial charge in [0, 0.05) is 15.1 Å². The van der Waals surface area contributed by atoms with Crippen LogP contribution in [0.25, 0.3) is 5.57 Å². The number of ether oxygens (including phenoxy) is 1. The molecule has 0 saturated heterocycles. The van der Waals surface area contributed by atoms with Gasteiger partial charge < -0.3 is 9.84 Å². The fraction of sp³-hybridized carbons (Fsp3) is 0.0870. The van der Waals surface area contributed by atoms with Crippen LogP contribution in [0.3, 0.4) is 0 Å². The van der Waals surface area contributed by atoms with Crippen molar-refractivity contribution in [2.45, 2.75) is 4.90 Å². The van der Waals surface area contributed by atoms with E-state index in [1.165, 1.54) is 0 Å². The summed E-state index contributed by atoms with van der Waals surface area (Å²) in [6, 6.07) is 23.7. The minimum atomic E-state index is -1.02.